The first kappa shape index (κ1) is 9.52. The van der Waals surface area contributed by atoms with Gasteiger partial charge < -0.3 is 0 Å². The summed E-state index contributed by atoms with van der Waals surface area (Å²) >= 11 is 0. The average molecular weight is 213 g/mol. The van der Waals surface area contributed by atoms with Crippen molar-refractivity contribution >= 4 is 0 Å². The SMILES string of the molecule is CC1(C)c2ccccc2-c2nccc(F)c21. The second kappa shape index (κ2) is 2.91. The highest BCUT2D eigenvalue weighted by Gasteiger charge is 2.38. The molecule has 0 N–H and O–H groups in total. The van der Waals surface area contributed by atoms with Crippen molar-refractivity contribution in [1.29, 1.82) is 0 Å². The molecule has 1 aromatic heterocycles. The Labute approximate surface area is 94.0 Å². The van der Waals surface area contributed by atoms with Crippen molar-refractivity contribution in [2.24, 2.45) is 0 Å². The van der Waals surface area contributed by atoms with Crippen LogP contribution in [0.4, 0.5) is 4.39 Å². The highest BCUT2D eigenvalue weighted by molar-refractivity contribution is 5.77. The van der Waals surface area contributed by atoms with Gasteiger partial charge in [-0.15, -0.1) is 0 Å². The molecule has 1 nitrogen and oxygen atoms in total. The molecule has 1 aromatic carbocycles. The third-order valence-electron chi connectivity index (χ3n) is 3.38. The number of fused-ring (bicyclic) bond motifs is 3. The van der Waals surface area contributed by atoms with Gasteiger partial charge in [-0.1, -0.05) is 38.1 Å². The van der Waals surface area contributed by atoms with Crippen LogP contribution in [0.3, 0.4) is 0 Å². The second-order valence-electron chi connectivity index (χ2n) is 4.69. The number of rotatable bonds is 0. The highest BCUT2D eigenvalue weighted by Crippen LogP contribution is 2.48. The Kier molecular flexibility index (Phi) is 1.73. The van der Waals surface area contributed by atoms with Gasteiger partial charge in [0.05, 0.1) is 5.69 Å². The first-order valence-corrected chi connectivity index (χ1v) is 5.37. The van der Waals surface area contributed by atoms with Crippen LogP contribution in [0.1, 0.15) is 25.0 Å². The third kappa shape index (κ3) is 1.02. The fourth-order valence-corrected chi connectivity index (χ4v) is 2.61. The molecule has 16 heavy (non-hydrogen) atoms. The van der Waals surface area contributed by atoms with Gasteiger partial charge in [-0.2, -0.15) is 0 Å². The standard InChI is InChI=1S/C14H12FN/c1-14(2)10-6-4-3-5-9(10)13-12(14)11(15)7-8-16-13/h3-8H,1-2H3. The Morgan fingerprint density at radius 2 is 1.88 bits per heavy atom. The first-order valence-electron chi connectivity index (χ1n) is 5.37. The fourth-order valence-electron chi connectivity index (χ4n) is 2.61. The van der Waals surface area contributed by atoms with E-state index in [9.17, 15) is 4.39 Å². The van der Waals surface area contributed by atoms with Crippen molar-refractivity contribution in [3.63, 3.8) is 0 Å². The summed E-state index contributed by atoms with van der Waals surface area (Å²) in [6, 6.07) is 9.46. The number of nitrogens with zero attached hydrogens (tertiary/aromatic N) is 1. The minimum atomic E-state index is -0.287. The molecular formula is C14H12FN. The van der Waals surface area contributed by atoms with E-state index >= 15 is 0 Å². The summed E-state index contributed by atoms with van der Waals surface area (Å²) in [4.78, 5) is 4.32. The lowest BCUT2D eigenvalue weighted by Gasteiger charge is -2.21. The number of benzene rings is 1. The summed E-state index contributed by atoms with van der Waals surface area (Å²) in [5, 5.41) is 0. The molecule has 2 aromatic rings. The molecular weight excluding hydrogens is 201 g/mol. The smallest absolute Gasteiger partial charge is 0.130 e. The zero-order valence-electron chi connectivity index (χ0n) is 9.29. The molecule has 0 fully saturated rings. The zero-order chi connectivity index (χ0) is 11.3. The van der Waals surface area contributed by atoms with E-state index in [1.54, 1.807) is 0 Å². The minimum absolute atomic E-state index is 0.161. The van der Waals surface area contributed by atoms with Gasteiger partial charge >= 0.3 is 0 Å². The lowest BCUT2D eigenvalue weighted by atomic mass is 9.82. The van der Waals surface area contributed by atoms with E-state index < -0.39 is 0 Å². The van der Waals surface area contributed by atoms with Crippen molar-refractivity contribution in [2.75, 3.05) is 0 Å². The molecule has 1 aliphatic rings. The monoisotopic (exact) mass is 213 g/mol. The Morgan fingerprint density at radius 1 is 1.12 bits per heavy atom. The molecule has 0 aliphatic heterocycles. The van der Waals surface area contributed by atoms with Crippen LogP contribution < -0.4 is 0 Å². The predicted octanol–water partition coefficient (Wildman–Crippen LogP) is 3.53. The Balaban J connectivity index is 2.44. The maximum absolute atomic E-state index is 13.9. The average Bonchev–Trinajstić information content (AvgIpc) is 2.50. The second-order valence-corrected chi connectivity index (χ2v) is 4.69. The number of pyridine rings is 1. The summed E-state index contributed by atoms with van der Waals surface area (Å²) in [6.07, 6.45) is 1.53. The molecule has 0 saturated heterocycles. The summed E-state index contributed by atoms with van der Waals surface area (Å²) in [6.45, 7) is 4.09. The Morgan fingerprint density at radius 3 is 2.69 bits per heavy atom. The van der Waals surface area contributed by atoms with E-state index in [1.807, 2.05) is 32.0 Å². The number of hydrogen-bond acceptors (Lipinski definition) is 1. The largest absolute Gasteiger partial charge is 0.256 e. The molecule has 0 amide bonds. The van der Waals surface area contributed by atoms with Crippen LogP contribution in [-0.4, -0.2) is 4.98 Å². The van der Waals surface area contributed by atoms with Gasteiger partial charge in [0.15, 0.2) is 0 Å². The van der Waals surface area contributed by atoms with Gasteiger partial charge in [0.1, 0.15) is 5.82 Å². The quantitative estimate of drug-likeness (QED) is 0.652. The van der Waals surface area contributed by atoms with Crippen molar-refractivity contribution in [1.82, 2.24) is 4.98 Å². The van der Waals surface area contributed by atoms with Crippen LogP contribution in [0.5, 0.6) is 0 Å². The van der Waals surface area contributed by atoms with Gasteiger partial charge in [-0.05, 0) is 11.6 Å². The van der Waals surface area contributed by atoms with E-state index in [-0.39, 0.29) is 11.2 Å². The van der Waals surface area contributed by atoms with Crippen LogP contribution in [0.25, 0.3) is 11.3 Å². The molecule has 0 bridgehead atoms. The van der Waals surface area contributed by atoms with Crippen molar-refractivity contribution < 1.29 is 4.39 Å². The van der Waals surface area contributed by atoms with Crippen LogP contribution in [0, 0.1) is 5.82 Å². The molecule has 0 saturated carbocycles. The van der Waals surface area contributed by atoms with Crippen LogP contribution >= 0.6 is 0 Å². The van der Waals surface area contributed by atoms with E-state index in [2.05, 4.69) is 11.1 Å². The third-order valence-corrected chi connectivity index (χ3v) is 3.38. The minimum Gasteiger partial charge on any atom is -0.256 e. The number of aromatic nitrogens is 1. The normalized spacial score (nSPS) is 15.7. The first-order chi connectivity index (χ1) is 7.62. The Bertz CT molecular complexity index is 573. The molecule has 0 unspecified atom stereocenters. The molecule has 80 valence electrons. The summed E-state index contributed by atoms with van der Waals surface area (Å²) < 4.78 is 13.9. The predicted molar refractivity (Wildman–Crippen MR) is 61.8 cm³/mol. The molecule has 1 aliphatic carbocycles. The van der Waals surface area contributed by atoms with E-state index in [1.165, 1.54) is 12.3 Å². The van der Waals surface area contributed by atoms with Gasteiger partial charge in [0.2, 0.25) is 0 Å². The maximum Gasteiger partial charge on any atom is 0.130 e. The molecule has 0 radical (unpaired) electrons. The van der Waals surface area contributed by atoms with Crippen molar-refractivity contribution in [2.45, 2.75) is 19.3 Å². The molecule has 0 atom stereocenters. The summed E-state index contributed by atoms with van der Waals surface area (Å²) in [5.41, 5.74) is 3.44. The van der Waals surface area contributed by atoms with Gasteiger partial charge in [0.25, 0.3) is 0 Å². The van der Waals surface area contributed by atoms with Gasteiger partial charge in [-0.3, -0.25) is 4.98 Å². The van der Waals surface area contributed by atoms with Gasteiger partial charge in [0, 0.05) is 22.7 Å². The van der Waals surface area contributed by atoms with Crippen LogP contribution in [0.15, 0.2) is 36.5 Å². The molecule has 3 rings (SSSR count). The van der Waals surface area contributed by atoms with Crippen molar-refractivity contribution in [3.05, 3.63) is 53.5 Å². The highest BCUT2D eigenvalue weighted by atomic mass is 19.1. The fraction of sp³-hybridized carbons (Fsp3) is 0.214. The number of hydrogen-bond donors (Lipinski definition) is 0. The van der Waals surface area contributed by atoms with E-state index in [0.717, 1.165) is 22.4 Å². The van der Waals surface area contributed by atoms with E-state index in [0.29, 0.717) is 0 Å². The molecule has 2 heteroatoms. The molecule has 1 heterocycles. The van der Waals surface area contributed by atoms with Crippen molar-refractivity contribution in [3.8, 4) is 11.3 Å². The summed E-state index contributed by atoms with van der Waals surface area (Å²) in [7, 11) is 0. The summed E-state index contributed by atoms with van der Waals surface area (Å²) in [5.74, 6) is -0.161. The maximum atomic E-state index is 13.9. The molecule has 0 spiro atoms. The lowest BCUT2D eigenvalue weighted by Crippen LogP contribution is -2.16. The van der Waals surface area contributed by atoms with Crippen LogP contribution in [0.2, 0.25) is 0 Å². The zero-order valence-corrected chi connectivity index (χ0v) is 9.29. The van der Waals surface area contributed by atoms with Gasteiger partial charge in [-0.25, -0.2) is 4.39 Å². The lowest BCUT2D eigenvalue weighted by molar-refractivity contribution is 0.557. The van der Waals surface area contributed by atoms with E-state index in [4.69, 9.17) is 0 Å². The van der Waals surface area contributed by atoms with Crippen LogP contribution in [-0.2, 0) is 5.41 Å². The number of halogens is 1. The topological polar surface area (TPSA) is 12.9 Å². The Hall–Kier alpha value is -1.70.